The fraction of sp³-hybridized carbons (Fsp3) is 0.476. The molecule has 0 atom stereocenters. The molecule has 0 radical (unpaired) electrons. The fourth-order valence-electron chi connectivity index (χ4n) is 3.68. The maximum Gasteiger partial charge on any atom is 0.323 e. The highest BCUT2D eigenvalue weighted by Crippen LogP contribution is 2.30. The second-order valence-electron chi connectivity index (χ2n) is 7.79. The summed E-state index contributed by atoms with van der Waals surface area (Å²) in [6.45, 7) is 2.29. The number of benzene rings is 1. The number of halogens is 3. The van der Waals surface area contributed by atoms with Gasteiger partial charge in [0.1, 0.15) is 0 Å². The molecule has 0 aliphatic heterocycles. The normalized spacial score (nSPS) is 18.4. The number of thioether (sulfide) groups is 1. The molecule has 1 aliphatic carbocycles. The van der Waals surface area contributed by atoms with Gasteiger partial charge in [0, 0.05) is 12.6 Å². The van der Waals surface area contributed by atoms with Crippen LogP contribution in [0.5, 0.6) is 0 Å². The second-order valence-corrected chi connectivity index (χ2v) is 10.1. The van der Waals surface area contributed by atoms with Crippen molar-refractivity contribution in [3.05, 3.63) is 41.3 Å². The third-order valence-electron chi connectivity index (χ3n) is 5.46. The Hall–Kier alpha value is -2.27. The summed E-state index contributed by atoms with van der Waals surface area (Å²) >= 11 is 2.28. The number of aromatic nitrogens is 1. The molecule has 0 unspecified atom stereocenters. The van der Waals surface area contributed by atoms with Crippen molar-refractivity contribution < 1.29 is 27.9 Å². The first kappa shape index (κ1) is 24.4. The van der Waals surface area contributed by atoms with Crippen LogP contribution < -0.4 is 5.32 Å². The molecule has 6 nitrogen and oxygen atoms in total. The van der Waals surface area contributed by atoms with E-state index in [1.54, 1.807) is 4.90 Å². The molecule has 1 aliphatic rings. The van der Waals surface area contributed by atoms with Gasteiger partial charge in [0.05, 0.1) is 16.2 Å². The highest BCUT2D eigenvalue weighted by atomic mass is 32.2. The summed E-state index contributed by atoms with van der Waals surface area (Å²) < 4.78 is 41.6. The molecule has 1 saturated carbocycles. The monoisotopic (exact) mass is 487 g/mol. The molecular weight excluding hydrogens is 463 g/mol. The lowest BCUT2D eigenvalue weighted by atomic mass is 9.86. The molecule has 1 aromatic heterocycles. The zero-order valence-corrected chi connectivity index (χ0v) is 19.1. The quantitative estimate of drug-likeness (QED) is 0.385. The van der Waals surface area contributed by atoms with E-state index in [4.69, 9.17) is 5.11 Å². The summed E-state index contributed by atoms with van der Waals surface area (Å²) in [5.74, 6) is -4.49. The van der Waals surface area contributed by atoms with Gasteiger partial charge in [0.25, 0.3) is 0 Å². The van der Waals surface area contributed by atoms with Crippen LogP contribution in [0.3, 0.4) is 0 Å². The number of thiazole rings is 1. The van der Waals surface area contributed by atoms with Crippen molar-refractivity contribution >= 4 is 40.2 Å². The summed E-state index contributed by atoms with van der Waals surface area (Å²) in [7, 11) is 0. The summed E-state index contributed by atoms with van der Waals surface area (Å²) in [6.07, 6.45) is 5.05. The van der Waals surface area contributed by atoms with Gasteiger partial charge in [-0.25, -0.2) is 22.9 Å². The van der Waals surface area contributed by atoms with Gasteiger partial charge in [-0.05, 0) is 49.7 Å². The molecule has 2 amide bonds. The van der Waals surface area contributed by atoms with E-state index in [0.717, 1.165) is 43.5 Å². The van der Waals surface area contributed by atoms with Crippen LogP contribution in [-0.2, 0) is 11.2 Å². The highest BCUT2D eigenvalue weighted by Gasteiger charge is 2.28. The van der Waals surface area contributed by atoms with Crippen molar-refractivity contribution in [2.75, 3.05) is 17.6 Å². The number of carboxylic acids is 1. The molecule has 1 heterocycles. The van der Waals surface area contributed by atoms with E-state index in [1.165, 1.54) is 23.6 Å². The van der Waals surface area contributed by atoms with Crippen LogP contribution >= 0.6 is 23.1 Å². The number of nitrogens with one attached hydrogen (secondary N) is 1. The summed E-state index contributed by atoms with van der Waals surface area (Å²) in [4.78, 5) is 29.5. The van der Waals surface area contributed by atoms with Crippen molar-refractivity contribution in [2.45, 2.75) is 49.3 Å². The first-order valence-corrected chi connectivity index (χ1v) is 12.0. The van der Waals surface area contributed by atoms with Gasteiger partial charge >= 0.3 is 12.0 Å². The lowest BCUT2D eigenvalue weighted by Crippen LogP contribution is -2.45. The standard InChI is InChI=1S/C21H24F3N3O3S2/c1-12-2-5-14(6-3-12)27(9-8-13-4-7-15(22)19(24)18(13)23)21(30)26-20-25-10-17(32-20)31-11-16(28)29/h4,7,10,12,14H,2-3,5-6,8-9,11H2,1H3,(H,28,29)(H,25,26,30). The van der Waals surface area contributed by atoms with Crippen molar-refractivity contribution in [2.24, 2.45) is 5.92 Å². The van der Waals surface area contributed by atoms with Crippen LogP contribution in [-0.4, -0.2) is 45.3 Å². The predicted molar refractivity (Wildman–Crippen MR) is 118 cm³/mol. The molecule has 2 aromatic rings. The predicted octanol–water partition coefficient (Wildman–Crippen LogP) is 5.39. The molecule has 174 valence electrons. The summed E-state index contributed by atoms with van der Waals surface area (Å²) in [5.41, 5.74) is 0.00693. The Balaban J connectivity index is 1.70. The molecule has 3 rings (SSSR count). The van der Waals surface area contributed by atoms with Gasteiger partial charge < -0.3 is 10.0 Å². The Morgan fingerprint density at radius 3 is 2.62 bits per heavy atom. The number of anilines is 1. The highest BCUT2D eigenvalue weighted by molar-refractivity contribution is 8.01. The van der Waals surface area contributed by atoms with Gasteiger partial charge in [-0.3, -0.25) is 10.1 Å². The number of rotatable bonds is 8. The number of hydrogen-bond acceptors (Lipinski definition) is 5. The first-order valence-electron chi connectivity index (χ1n) is 10.2. The van der Waals surface area contributed by atoms with Gasteiger partial charge in [-0.2, -0.15) is 0 Å². The van der Waals surface area contributed by atoms with Crippen molar-refractivity contribution in [1.29, 1.82) is 0 Å². The van der Waals surface area contributed by atoms with E-state index in [1.807, 2.05) is 0 Å². The van der Waals surface area contributed by atoms with E-state index < -0.39 is 29.5 Å². The maximum absolute atomic E-state index is 14.1. The van der Waals surface area contributed by atoms with Gasteiger partial charge in [0.15, 0.2) is 22.6 Å². The number of amides is 2. The molecule has 1 fully saturated rings. The first-order chi connectivity index (χ1) is 15.2. The van der Waals surface area contributed by atoms with Crippen molar-refractivity contribution in [3.8, 4) is 0 Å². The molecule has 0 bridgehead atoms. The zero-order chi connectivity index (χ0) is 23.3. The summed E-state index contributed by atoms with van der Waals surface area (Å²) in [6, 6.07) is 1.61. The number of nitrogens with zero attached hydrogens (tertiary/aromatic N) is 2. The number of carbonyl (C=O) groups is 2. The SMILES string of the molecule is CC1CCC(N(CCc2ccc(F)c(F)c2F)C(=O)Nc2ncc(SCC(=O)O)s2)CC1. The Labute approximate surface area is 192 Å². The van der Waals surface area contributed by atoms with E-state index >= 15 is 0 Å². The lowest BCUT2D eigenvalue weighted by Gasteiger charge is -2.36. The van der Waals surface area contributed by atoms with Gasteiger partial charge in [0.2, 0.25) is 0 Å². The topological polar surface area (TPSA) is 82.5 Å². The van der Waals surface area contributed by atoms with Crippen LogP contribution in [0.2, 0.25) is 0 Å². The largest absolute Gasteiger partial charge is 0.481 e. The van der Waals surface area contributed by atoms with E-state index in [0.29, 0.717) is 15.3 Å². The van der Waals surface area contributed by atoms with E-state index in [9.17, 15) is 22.8 Å². The minimum absolute atomic E-state index is 0.00693. The van der Waals surface area contributed by atoms with Crippen LogP contribution in [0.15, 0.2) is 22.5 Å². The lowest BCUT2D eigenvalue weighted by molar-refractivity contribution is -0.133. The number of carbonyl (C=O) groups excluding carboxylic acids is 1. The number of carboxylic acid groups (broad SMARTS) is 1. The van der Waals surface area contributed by atoms with Gasteiger partial charge in [-0.15, -0.1) is 11.8 Å². The molecular formula is C21H24F3N3O3S2. The van der Waals surface area contributed by atoms with Crippen molar-refractivity contribution in [1.82, 2.24) is 9.88 Å². The van der Waals surface area contributed by atoms with Crippen LogP contribution in [0.1, 0.15) is 38.2 Å². The smallest absolute Gasteiger partial charge is 0.323 e. The van der Waals surface area contributed by atoms with Crippen LogP contribution in [0.4, 0.5) is 23.1 Å². The maximum atomic E-state index is 14.1. The molecule has 0 saturated heterocycles. The molecule has 11 heteroatoms. The second kappa shape index (κ2) is 11.0. The Bertz CT molecular complexity index is 965. The Morgan fingerprint density at radius 1 is 1.22 bits per heavy atom. The van der Waals surface area contributed by atoms with Crippen molar-refractivity contribution in [3.63, 3.8) is 0 Å². The number of urea groups is 1. The Kier molecular flexibility index (Phi) is 8.41. The zero-order valence-electron chi connectivity index (χ0n) is 17.4. The van der Waals surface area contributed by atoms with Gasteiger partial charge in [-0.1, -0.05) is 24.3 Å². The molecule has 0 spiro atoms. The third-order valence-corrected chi connectivity index (χ3v) is 7.55. The average molecular weight is 488 g/mol. The van der Waals surface area contributed by atoms with E-state index in [-0.39, 0.29) is 30.3 Å². The third kappa shape index (κ3) is 6.38. The molecule has 1 aromatic carbocycles. The number of hydrogen-bond donors (Lipinski definition) is 2. The minimum atomic E-state index is -1.51. The Morgan fingerprint density at radius 2 is 1.94 bits per heavy atom. The van der Waals surface area contributed by atoms with Crippen LogP contribution in [0.25, 0.3) is 0 Å². The van der Waals surface area contributed by atoms with Crippen LogP contribution in [0, 0.1) is 23.4 Å². The average Bonchev–Trinajstić information content (AvgIpc) is 3.20. The summed E-state index contributed by atoms with van der Waals surface area (Å²) in [5, 5.41) is 11.8. The minimum Gasteiger partial charge on any atom is -0.481 e. The molecule has 32 heavy (non-hydrogen) atoms. The number of aliphatic carboxylic acids is 1. The fourth-order valence-corrected chi connectivity index (χ4v) is 5.27. The van der Waals surface area contributed by atoms with E-state index in [2.05, 4.69) is 17.2 Å². The molecule has 2 N–H and O–H groups in total.